The smallest absolute Gasteiger partial charge is 0.251 e. The lowest BCUT2D eigenvalue weighted by molar-refractivity contribution is 0.0924. The predicted molar refractivity (Wildman–Crippen MR) is 102 cm³/mol. The number of ether oxygens (including phenoxy) is 1. The van der Waals surface area contributed by atoms with Crippen molar-refractivity contribution in [3.63, 3.8) is 0 Å². The van der Waals surface area contributed by atoms with E-state index in [0.717, 1.165) is 17.0 Å². The highest BCUT2D eigenvalue weighted by atomic mass is 16.5. The molecule has 1 aliphatic rings. The summed E-state index contributed by atoms with van der Waals surface area (Å²) >= 11 is 0. The van der Waals surface area contributed by atoms with Gasteiger partial charge in [0.25, 0.3) is 5.91 Å². The van der Waals surface area contributed by atoms with Crippen molar-refractivity contribution < 1.29 is 14.1 Å². The van der Waals surface area contributed by atoms with E-state index in [1.54, 1.807) is 18.3 Å². The van der Waals surface area contributed by atoms with Crippen molar-refractivity contribution in [1.29, 1.82) is 0 Å². The molecule has 3 N–H and O–H groups in total. The Hall–Kier alpha value is -3.26. The molecule has 1 aliphatic heterocycles. The molecule has 0 radical (unpaired) electrons. The molecule has 28 heavy (non-hydrogen) atoms. The van der Waals surface area contributed by atoms with E-state index >= 15 is 0 Å². The van der Waals surface area contributed by atoms with Gasteiger partial charge in [0.1, 0.15) is 11.6 Å². The number of rotatable bonds is 5. The van der Waals surface area contributed by atoms with E-state index in [1.165, 1.54) is 6.20 Å². The van der Waals surface area contributed by atoms with Crippen molar-refractivity contribution in [2.75, 3.05) is 18.9 Å². The fourth-order valence-corrected chi connectivity index (χ4v) is 3.29. The third kappa shape index (κ3) is 4.01. The monoisotopic (exact) mass is 379 g/mol. The molecular formula is C20H21N5O3. The molecule has 1 fully saturated rings. The molecule has 1 aromatic carbocycles. The number of nitrogen functional groups attached to an aromatic ring is 1. The SMILES string of the molecule is Cc1cc(C[C@@H]2COC[C@@H]2NC(=O)c2ccc(-c3cncc(N)n3)cc2)on1. The molecule has 2 aromatic heterocycles. The number of carbonyl (C=O) groups is 1. The van der Waals surface area contributed by atoms with Crippen molar-refractivity contribution in [1.82, 2.24) is 20.4 Å². The summed E-state index contributed by atoms with van der Waals surface area (Å²) in [6.45, 7) is 2.95. The lowest BCUT2D eigenvalue weighted by atomic mass is 9.97. The zero-order valence-corrected chi connectivity index (χ0v) is 15.5. The van der Waals surface area contributed by atoms with Crippen LogP contribution in [0.5, 0.6) is 0 Å². The van der Waals surface area contributed by atoms with Gasteiger partial charge in [-0.15, -0.1) is 0 Å². The van der Waals surface area contributed by atoms with Crippen LogP contribution >= 0.6 is 0 Å². The highest BCUT2D eigenvalue weighted by Crippen LogP contribution is 2.21. The Morgan fingerprint density at radius 2 is 2.07 bits per heavy atom. The fourth-order valence-electron chi connectivity index (χ4n) is 3.29. The number of nitrogens with zero attached hydrogens (tertiary/aromatic N) is 3. The summed E-state index contributed by atoms with van der Waals surface area (Å²) in [6.07, 6.45) is 3.81. The molecule has 1 amide bonds. The van der Waals surface area contributed by atoms with Crippen molar-refractivity contribution >= 4 is 11.7 Å². The summed E-state index contributed by atoms with van der Waals surface area (Å²) in [6, 6.07) is 9.03. The third-order valence-electron chi connectivity index (χ3n) is 4.75. The standard InChI is InChI=1S/C20H21N5O3/c1-12-6-16(28-25-12)7-15-10-27-11-18(15)24-20(26)14-4-2-13(3-5-14)17-8-22-9-19(21)23-17/h2-6,8-9,15,18H,7,10-11H2,1H3,(H2,21,23)(H,24,26)/t15-,18+/m1/s1. The van der Waals surface area contributed by atoms with Crippen molar-refractivity contribution in [2.24, 2.45) is 5.92 Å². The first-order valence-electron chi connectivity index (χ1n) is 9.07. The Kier molecular flexibility index (Phi) is 5.03. The number of nitrogens with two attached hydrogens (primary N) is 1. The molecule has 3 aromatic rings. The lowest BCUT2D eigenvalue weighted by Gasteiger charge is -2.18. The summed E-state index contributed by atoms with van der Waals surface area (Å²) in [4.78, 5) is 20.9. The molecule has 0 aliphatic carbocycles. The Morgan fingerprint density at radius 1 is 1.25 bits per heavy atom. The van der Waals surface area contributed by atoms with Gasteiger partial charge < -0.3 is 20.3 Å². The predicted octanol–water partition coefficient (Wildman–Crippen LogP) is 2.01. The van der Waals surface area contributed by atoms with Crippen LogP contribution in [0.1, 0.15) is 21.8 Å². The summed E-state index contributed by atoms with van der Waals surface area (Å²) in [5, 5.41) is 6.98. The van der Waals surface area contributed by atoms with Crippen LogP contribution in [-0.4, -0.2) is 40.3 Å². The zero-order valence-electron chi connectivity index (χ0n) is 15.5. The number of hydrogen-bond acceptors (Lipinski definition) is 7. The normalized spacial score (nSPS) is 18.9. The molecule has 144 valence electrons. The molecule has 1 saturated heterocycles. The maximum Gasteiger partial charge on any atom is 0.251 e. The minimum Gasteiger partial charge on any atom is -0.382 e. The molecular weight excluding hydrogens is 358 g/mol. The first-order valence-corrected chi connectivity index (χ1v) is 9.07. The Morgan fingerprint density at radius 3 is 2.79 bits per heavy atom. The second kappa shape index (κ2) is 7.77. The van der Waals surface area contributed by atoms with Gasteiger partial charge in [0.2, 0.25) is 0 Å². The van der Waals surface area contributed by atoms with Crippen LogP contribution in [0.2, 0.25) is 0 Å². The fraction of sp³-hybridized carbons (Fsp3) is 0.300. The van der Waals surface area contributed by atoms with E-state index < -0.39 is 0 Å². The average Bonchev–Trinajstić information content (AvgIpc) is 3.31. The summed E-state index contributed by atoms with van der Waals surface area (Å²) in [5.41, 5.74) is 8.60. The summed E-state index contributed by atoms with van der Waals surface area (Å²) in [7, 11) is 0. The van der Waals surface area contributed by atoms with Gasteiger partial charge in [0, 0.05) is 29.5 Å². The maximum atomic E-state index is 12.7. The van der Waals surface area contributed by atoms with Gasteiger partial charge in [-0.2, -0.15) is 0 Å². The second-order valence-electron chi connectivity index (χ2n) is 6.92. The quantitative estimate of drug-likeness (QED) is 0.696. The van der Waals surface area contributed by atoms with Crippen LogP contribution in [0.25, 0.3) is 11.3 Å². The number of carbonyl (C=O) groups excluding carboxylic acids is 1. The molecule has 8 nitrogen and oxygen atoms in total. The van der Waals surface area contributed by atoms with E-state index in [1.807, 2.05) is 25.1 Å². The first-order chi connectivity index (χ1) is 13.6. The first kappa shape index (κ1) is 18.1. The van der Waals surface area contributed by atoms with Gasteiger partial charge in [-0.25, -0.2) is 4.98 Å². The number of benzene rings is 1. The van der Waals surface area contributed by atoms with Crippen molar-refractivity contribution in [3.05, 3.63) is 59.7 Å². The third-order valence-corrected chi connectivity index (χ3v) is 4.75. The van der Waals surface area contributed by atoms with E-state index in [4.69, 9.17) is 15.0 Å². The number of amides is 1. The Balaban J connectivity index is 1.41. The topological polar surface area (TPSA) is 116 Å². The Labute approximate surface area is 162 Å². The Bertz CT molecular complexity index is 970. The minimum absolute atomic E-state index is 0.0719. The van der Waals surface area contributed by atoms with Gasteiger partial charge in [-0.3, -0.25) is 9.78 Å². The van der Waals surface area contributed by atoms with Crippen LogP contribution in [0.3, 0.4) is 0 Å². The van der Waals surface area contributed by atoms with Gasteiger partial charge in [0.15, 0.2) is 0 Å². The highest BCUT2D eigenvalue weighted by molar-refractivity contribution is 5.94. The van der Waals surface area contributed by atoms with E-state index in [0.29, 0.717) is 36.7 Å². The molecule has 4 rings (SSSR count). The number of hydrogen-bond donors (Lipinski definition) is 2. The van der Waals surface area contributed by atoms with Crippen molar-refractivity contribution in [3.8, 4) is 11.3 Å². The lowest BCUT2D eigenvalue weighted by Crippen LogP contribution is -2.40. The van der Waals surface area contributed by atoms with Crippen LogP contribution in [0.4, 0.5) is 5.82 Å². The number of nitrogens with one attached hydrogen (secondary N) is 1. The maximum absolute atomic E-state index is 12.7. The molecule has 0 bridgehead atoms. The molecule has 3 heterocycles. The van der Waals surface area contributed by atoms with Crippen LogP contribution in [0.15, 0.2) is 47.2 Å². The number of aromatic nitrogens is 3. The second-order valence-corrected chi connectivity index (χ2v) is 6.92. The van der Waals surface area contributed by atoms with Gasteiger partial charge in [-0.05, 0) is 19.1 Å². The van der Waals surface area contributed by atoms with Crippen LogP contribution in [0, 0.1) is 12.8 Å². The minimum atomic E-state index is -0.139. The van der Waals surface area contributed by atoms with Gasteiger partial charge >= 0.3 is 0 Å². The zero-order chi connectivity index (χ0) is 19.5. The molecule has 8 heteroatoms. The number of anilines is 1. The van der Waals surface area contributed by atoms with Gasteiger partial charge in [-0.1, -0.05) is 17.3 Å². The average molecular weight is 379 g/mol. The van der Waals surface area contributed by atoms with E-state index in [2.05, 4.69) is 20.4 Å². The van der Waals surface area contributed by atoms with E-state index in [9.17, 15) is 4.79 Å². The van der Waals surface area contributed by atoms with Gasteiger partial charge in [0.05, 0.1) is 43.0 Å². The number of aryl methyl sites for hydroxylation is 1. The van der Waals surface area contributed by atoms with E-state index in [-0.39, 0.29) is 17.9 Å². The molecule has 0 unspecified atom stereocenters. The molecule has 0 saturated carbocycles. The largest absolute Gasteiger partial charge is 0.382 e. The summed E-state index contributed by atoms with van der Waals surface area (Å²) in [5.74, 6) is 1.17. The molecule has 2 atom stereocenters. The highest BCUT2D eigenvalue weighted by Gasteiger charge is 2.31. The summed E-state index contributed by atoms with van der Waals surface area (Å²) < 4.78 is 10.9. The van der Waals surface area contributed by atoms with Crippen LogP contribution in [-0.2, 0) is 11.2 Å². The molecule has 0 spiro atoms. The van der Waals surface area contributed by atoms with Crippen LogP contribution < -0.4 is 11.1 Å². The van der Waals surface area contributed by atoms with Crippen molar-refractivity contribution in [2.45, 2.75) is 19.4 Å².